The Morgan fingerprint density at radius 2 is 1.74 bits per heavy atom. The van der Waals surface area contributed by atoms with Crippen LogP contribution in [0.25, 0.3) is 11.4 Å². The Balaban J connectivity index is 1.32. The van der Waals surface area contributed by atoms with Crippen molar-refractivity contribution in [3.8, 4) is 11.4 Å². The fraction of sp³-hybridized carbons (Fsp3) is 0.385. The molecule has 35 heavy (non-hydrogen) atoms. The molecule has 2 aromatic carbocycles. The monoisotopic (exact) mass is 479 g/mol. The Labute approximate surface area is 204 Å². The summed E-state index contributed by atoms with van der Waals surface area (Å²) in [6.07, 6.45) is 0. The highest BCUT2D eigenvalue weighted by atomic mass is 19.1. The Morgan fingerprint density at radius 3 is 2.40 bits per heavy atom. The molecule has 8 nitrogen and oxygen atoms in total. The zero-order valence-electron chi connectivity index (χ0n) is 20.2. The molecule has 1 aliphatic rings. The van der Waals surface area contributed by atoms with E-state index in [1.807, 2.05) is 45.0 Å². The number of halogens is 1. The van der Waals surface area contributed by atoms with Gasteiger partial charge in [-0.05, 0) is 25.0 Å². The molecule has 9 heteroatoms. The third kappa shape index (κ3) is 5.92. The van der Waals surface area contributed by atoms with Gasteiger partial charge in [0.2, 0.25) is 17.6 Å². The lowest BCUT2D eigenvalue weighted by molar-refractivity contribution is -0.136. The molecule has 0 aliphatic carbocycles. The Morgan fingerprint density at radius 1 is 1.06 bits per heavy atom. The third-order valence-corrected chi connectivity index (χ3v) is 6.16. The number of hydrogen-bond donors (Lipinski definition) is 1. The van der Waals surface area contributed by atoms with Crippen molar-refractivity contribution in [2.24, 2.45) is 5.92 Å². The van der Waals surface area contributed by atoms with E-state index < -0.39 is 17.8 Å². The lowest BCUT2D eigenvalue weighted by atomic mass is 10.0. The van der Waals surface area contributed by atoms with Crippen molar-refractivity contribution in [2.75, 3.05) is 26.2 Å². The van der Waals surface area contributed by atoms with Gasteiger partial charge in [-0.3, -0.25) is 14.5 Å². The van der Waals surface area contributed by atoms with Gasteiger partial charge in [-0.1, -0.05) is 61.0 Å². The molecular weight excluding hydrogens is 449 g/mol. The summed E-state index contributed by atoms with van der Waals surface area (Å²) in [6.45, 7) is 8.55. The first-order chi connectivity index (χ1) is 16.8. The fourth-order valence-electron chi connectivity index (χ4n) is 4.03. The highest BCUT2D eigenvalue weighted by Gasteiger charge is 2.31. The average molecular weight is 480 g/mol. The average Bonchev–Trinajstić information content (AvgIpc) is 3.31. The second kappa shape index (κ2) is 10.8. The summed E-state index contributed by atoms with van der Waals surface area (Å²) in [5, 5.41) is 6.81. The van der Waals surface area contributed by atoms with Crippen LogP contribution in [0.15, 0.2) is 53.1 Å². The number of hydrogen-bond acceptors (Lipinski definition) is 6. The van der Waals surface area contributed by atoms with E-state index in [4.69, 9.17) is 4.52 Å². The van der Waals surface area contributed by atoms with Crippen molar-refractivity contribution in [2.45, 2.75) is 33.4 Å². The van der Waals surface area contributed by atoms with Gasteiger partial charge in [0.05, 0.1) is 12.1 Å². The molecule has 1 aromatic heterocycles. The van der Waals surface area contributed by atoms with Crippen LogP contribution in [0.3, 0.4) is 0 Å². The summed E-state index contributed by atoms with van der Waals surface area (Å²) < 4.78 is 19.4. The number of amides is 2. The van der Waals surface area contributed by atoms with Crippen LogP contribution in [0.5, 0.6) is 0 Å². The second-order valence-electron chi connectivity index (χ2n) is 9.15. The zero-order valence-corrected chi connectivity index (χ0v) is 20.2. The van der Waals surface area contributed by atoms with Crippen LogP contribution in [0.1, 0.15) is 35.7 Å². The van der Waals surface area contributed by atoms with E-state index in [0.29, 0.717) is 44.4 Å². The van der Waals surface area contributed by atoms with Crippen LogP contribution in [0.2, 0.25) is 0 Å². The molecule has 1 aliphatic heterocycles. The normalized spacial score (nSPS) is 15.3. The molecule has 0 radical (unpaired) electrons. The van der Waals surface area contributed by atoms with Crippen molar-refractivity contribution < 1.29 is 18.5 Å². The molecule has 1 N–H and O–H groups in total. The molecule has 4 rings (SSSR count). The summed E-state index contributed by atoms with van der Waals surface area (Å²) in [5.74, 6) is -0.426. The van der Waals surface area contributed by atoms with Crippen LogP contribution >= 0.6 is 0 Å². The van der Waals surface area contributed by atoms with Crippen molar-refractivity contribution in [3.63, 3.8) is 0 Å². The summed E-state index contributed by atoms with van der Waals surface area (Å²) in [6, 6.07) is 13.0. The molecule has 0 spiro atoms. The topological polar surface area (TPSA) is 91.6 Å². The van der Waals surface area contributed by atoms with Crippen LogP contribution < -0.4 is 5.32 Å². The van der Waals surface area contributed by atoms with Gasteiger partial charge < -0.3 is 14.7 Å². The maximum absolute atomic E-state index is 14.0. The highest BCUT2D eigenvalue weighted by Crippen LogP contribution is 2.18. The lowest BCUT2D eigenvalue weighted by Gasteiger charge is -2.36. The largest absolute Gasteiger partial charge is 0.340 e. The van der Waals surface area contributed by atoms with Crippen molar-refractivity contribution in [1.82, 2.24) is 25.3 Å². The molecule has 1 fully saturated rings. The highest BCUT2D eigenvalue weighted by molar-refractivity contribution is 5.97. The summed E-state index contributed by atoms with van der Waals surface area (Å²) in [4.78, 5) is 34.2. The number of rotatable bonds is 7. The number of piperazine rings is 1. The van der Waals surface area contributed by atoms with Gasteiger partial charge in [0.25, 0.3) is 5.91 Å². The minimum Gasteiger partial charge on any atom is -0.340 e. The number of nitrogens with zero attached hydrogens (tertiary/aromatic N) is 4. The molecule has 2 heterocycles. The lowest BCUT2D eigenvalue weighted by Crippen LogP contribution is -2.56. The summed E-state index contributed by atoms with van der Waals surface area (Å²) in [5.41, 5.74) is 2.00. The first kappa shape index (κ1) is 24.5. The smallest absolute Gasteiger partial charge is 0.254 e. The zero-order chi connectivity index (χ0) is 24.9. The number of aromatic nitrogens is 2. The van der Waals surface area contributed by atoms with Crippen molar-refractivity contribution >= 4 is 11.8 Å². The molecule has 3 aromatic rings. The van der Waals surface area contributed by atoms with Gasteiger partial charge in [-0.2, -0.15) is 4.98 Å². The standard InChI is InChI=1S/C26H30FN5O3/c1-17(2)23(29-25(33)20-6-4-5-7-21(20)27)26(34)32-14-12-31(13-15-32)16-22-28-24(30-35-22)19-10-8-18(3)9-11-19/h4-11,17,23H,12-16H2,1-3H3,(H,29,33). The number of carbonyl (C=O) groups is 2. The van der Waals surface area contributed by atoms with E-state index in [0.717, 1.165) is 11.1 Å². The van der Waals surface area contributed by atoms with Gasteiger partial charge in [-0.25, -0.2) is 4.39 Å². The SMILES string of the molecule is Cc1ccc(-c2noc(CN3CCN(C(=O)C(NC(=O)c4ccccc4F)C(C)C)CC3)n2)cc1. The van der Waals surface area contributed by atoms with Gasteiger partial charge in [0, 0.05) is 31.7 Å². The van der Waals surface area contributed by atoms with Crippen LogP contribution in [-0.2, 0) is 11.3 Å². The van der Waals surface area contributed by atoms with E-state index in [9.17, 15) is 14.0 Å². The van der Waals surface area contributed by atoms with E-state index >= 15 is 0 Å². The van der Waals surface area contributed by atoms with Gasteiger partial charge in [0.1, 0.15) is 11.9 Å². The number of carbonyl (C=O) groups excluding carboxylic acids is 2. The van der Waals surface area contributed by atoms with Crippen molar-refractivity contribution in [1.29, 1.82) is 0 Å². The molecule has 2 amide bonds. The molecule has 1 saturated heterocycles. The van der Waals surface area contributed by atoms with E-state index in [2.05, 4.69) is 20.4 Å². The predicted octanol–water partition coefficient (Wildman–Crippen LogP) is 3.28. The third-order valence-electron chi connectivity index (χ3n) is 6.16. The van der Waals surface area contributed by atoms with Gasteiger partial charge in [-0.15, -0.1) is 0 Å². The minimum atomic E-state index is -0.735. The Bertz CT molecular complexity index is 1170. The quantitative estimate of drug-likeness (QED) is 0.559. The van der Waals surface area contributed by atoms with E-state index in [1.165, 1.54) is 18.2 Å². The van der Waals surface area contributed by atoms with Gasteiger partial charge >= 0.3 is 0 Å². The first-order valence-corrected chi connectivity index (χ1v) is 11.8. The summed E-state index contributed by atoms with van der Waals surface area (Å²) in [7, 11) is 0. The Hall–Kier alpha value is -3.59. The van der Waals surface area contributed by atoms with Crippen molar-refractivity contribution in [3.05, 3.63) is 71.4 Å². The van der Waals surface area contributed by atoms with E-state index in [1.54, 1.807) is 11.0 Å². The fourth-order valence-corrected chi connectivity index (χ4v) is 4.03. The minimum absolute atomic E-state index is 0.0691. The molecule has 1 unspecified atom stereocenters. The maximum atomic E-state index is 14.0. The van der Waals surface area contributed by atoms with Gasteiger partial charge in [0.15, 0.2) is 0 Å². The van der Waals surface area contributed by atoms with Crippen LogP contribution in [-0.4, -0.2) is 64.0 Å². The molecule has 1 atom stereocenters. The van der Waals surface area contributed by atoms with Crippen LogP contribution in [0, 0.1) is 18.7 Å². The first-order valence-electron chi connectivity index (χ1n) is 11.8. The number of benzene rings is 2. The Kier molecular flexibility index (Phi) is 7.55. The second-order valence-corrected chi connectivity index (χ2v) is 9.15. The molecule has 0 saturated carbocycles. The van der Waals surface area contributed by atoms with Crippen LogP contribution in [0.4, 0.5) is 4.39 Å². The van der Waals surface area contributed by atoms with E-state index in [-0.39, 0.29) is 17.4 Å². The molecule has 184 valence electrons. The summed E-state index contributed by atoms with van der Waals surface area (Å²) >= 11 is 0. The molecular formula is C26H30FN5O3. The predicted molar refractivity (Wildman–Crippen MR) is 129 cm³/mol. The number of aryl methyl sites for hydroxylation is 1. The maximum Gasteiger partial charge on any atom is 0.254 e. The molecule has 0 bridgehead atoms. The number of nitrogens with one attached hydrogen (secondary N) is 1.